The van der Waals surface area contributed by atoms with Crippen LogP contribution in [0, 0.1) is 5.92 Å². The van der Waals surface area contributed by atoms with Crippen LogP contribution in [0.1, 0.15) is 47.5 Å². The monoisotopic (exact) mass is 471 g/mol. The highest BCUT2D eigenvalue weighted by Crippen LogP contribution is 2.41. The number of aromatic amines is 1. The number of H-pyrrole nitrogens is 1. The molecule has 33 heavy (non-hydrogen) atoms. The second-order valence-corrected chi connectivity index (χ2v) is 8.62. The number of benzene rings is 1. The highest BCUT2D eigenvalue weighted by Gasteiger charge is 2.25. The van der Waals surface area contributed by atoms with Gasteiger partial charge in [-0.25, -0.2) is 9.78 Å². The molecular weight excluding hydrogens is 446 g/mol. The van der Waals surface area contributed by atoms with Crippen molar-refractivity contribution >= 4 is 29.4 Å². The Morgan fingerprint density at radius 3 is 2.73 bits per heavy atom. The Morgan fingerprint density at radius 2 is 2.03 bits per heavy atom. The summed E-state index contributed by atoms with van der Waals surface area (Å²) in [4.78, 5) is 31.2. The van der Waals surface area contributed by atoms with Crippen LogP contribution in [-0.4, -0.2) is 45.8 Å². The number of nitrogens with one attached hydrogen (secondary N) is 2. The van der Waals surface area contributed by atoms with Gasteiger partial charge in [0.1, 0.15) is 22.7 Å². The van der Waals surface area contributed by atoms with E-state index >= 15 is 0 Å². The highest BCUT2D eigenvalue weighted by atomic mass is 35.5. The second kappa shape index (κ2) is 9.41. The van der Waals surface area contributed by atoms with Crippen LogP contribution in [-0.2, 0) is 0 Å². The molecule has 0 bridgehead atoms. The molecule has 0 spiro atoms. The Bertz CT molecular complexity index is 1250. The van der Waals surface area contributed by atoms with Crippen LogP contribution in [0.25, 0.3) is 22.3 Å². The number of phenols is 1. The van der Waals surface area contributed by atoms with Crippen molar-refractivity contribution in [3.8, 4) is 22.8 Å². The molecule has 0 amide bonds. The first-order chi connectivity index (χ1) is 15.5. The molecule has 1 atom stereocenters. The van der Waals surface area contributed by atoms with Gasteiger partial charge in [-0.15, -0.1) is 12.4 Å². The summed E-state index contributed by atoms with van der Waals surface area (Å²) in [6.07, 6.45) is 4.22. The largest absolute Gasteiger partial charge is 0.507 e. The standard InChI is InChI=1S/C24H25N3O5.ClH/c28-19-4-1-5-20(32-12-13-6-7-13)21(19)18-10-15(14-3-2-8-25-11-14)16-9-17(24(30)31)23(29)27-22(16)26-18;/h1,4-5,9-10,13-14,25,28H,2-3,6-8,11-12H2,(H,30,31)(H,26,27,29);1H. The highest BCUT2D eigenvalue weighted by molar-refractivity contribution is 5.93. The van der Waals surface area contributed by atoms with E-state index < -0.39 is 11.5 Å². The van der Waals surface area contributed by atoms with Crippen LogP contribution in [0.4, 0.5) is 0 Å². The number of fused-ring (bicyclic) bond motifs is 1. The van der Waals surface area contributed by atoms with Crippen molar-refractivity contribution in [3.05, 3.63) is 51.8 Å². The van der Waals surface area contributed by atoms with Crippen LogP contribution < -0.4 is 15.6 Å². The molecule has 1 saturated heterocycles. The molecule has 9 heteroatoms. The number of ether oxygens (including phenoxy) is 1. The lowest BCUT2D eigenvalue weighted by atomic mass is 9.88. The van der Waals surface area contributed by atoms with E-state index in [9.17, 15) is 19.8 Å². The number of aromatic carboxylic acids is 1. The molecule has 1 saturated carbocycles. The van der Waals surface area contributed by atoms with Crippen LogP contribution in [0.2, 0.25) is 0 Å². The fraction of sp³-hybridized carbons (Fsp3) is 0.375. The first-order valence-corrected chi connectivity index (χ1v) is 11.0. The van der Waals surface area contributed by atoms with Gasteiger partial charge in [-0.1, -0.05) is 6.07 Å². The average molecular weight is 472 g/mol. The van der Waals surface area contributed by atoms with Gasteiger partial charge in [0, 0.05) is 11.9 Å². The predicted octanol–water partition coefficient (Wildman–Crippen LogP) is 3.67. The van der Waals surface area contributed by atoms with Gasteiger partial charge in [0.15, 0.2) is 0 Å². The lowest BCUT2D eigenvalue weighted by Gasteiger charge is -2.25. The Morgan fingerprint density at radius 1 is 1.21 bits per heavy atom. The van der Waals surface area contributed by atoms with E-state index in [1.807, 2.05) is 6.07 Å². The van der Waals surface area contributed by atoms with Crippen molar-refractivity contribution in [3.63, 3.8) is 0 Å². The molecule has 5 rings (SSSR count). The van der Waals surface area contributed by atoms with E-state index in [-0.39, 0.29) is 29.6 Å². The number of hydrogen-bond acceptors (Lipinski definition) is 6. The fourth-order valence-electron chi connectivity index (χ4n) is 4.34. The summed E-state index contributed by atoms with van der Waals surface area (Å²) in [5.74, 6) is -0.0172. The van der Waals surface area contributed by atoms with Crippen LogP contribution in [0.3, 0.4) is 0 Å². The summed E-state index contributed by atoms with van der Waals surface area (Å²) < 4.78 is 6.01. The molecule has 1 aliphatic carbocycles. The number of carbonyl (C=O) groups is 1. The molecule has 2 fully saturated rings. The number of carboxylic acids is 1. The maximum atomic E-state index is 12.4. The van der Waals surface area contributed by atoms with Crippen LogP contribution >= 0.6 is 12.4 Å². The van der Waals surface area contributed by atoms with E-state index in [1.165, 1.54) is 6.07 Å². The molecule has 8 nitrogen and oxygen atoms in total. The van der Waals surface area contributed by atoms with Crippen molar-refractivity contribution in [2.24, 2.45) is 5.92 Å². The molecule has 174 valence electrons. The third kappa shape index (κ3) is 4.67. The van der Waals surface area contributed by atoms with Gasteiger partial charge < -0.3 is 25.3 Å². The summed E-state index contributed by atoms with van der Waals surface area (Å²) in [5, 5.41) is 24.1. The minimum Gasteiger partial charge on any atom is -0.507 e. The molecule has 3 aromatic rings. The Balaban J connectivity index is 0.00000259. The lowest BCUT2D eigenvalue weighted by Crippen LogP contribution is -2.28. The summed E-state index contributed by atoms with van der Waals surface area (Å²) in [6, 6.07) is 8.43. The Labute approximate surface area is 196 Å². The number of halogens is 1. The quantitative estimate of drug-likeness (QED) is 0.432. The smallest absolute Gasteiger partial charge is 0.341 e. The average Bonchev–Trinajstić information content (AvgIpc) is 3.61. The van der Waals surface area contributed by atoms with E-state index in [2.05, 4.69) is 15.3 Å². The minimum absolute atomic E-state index is 0. The fourth-order valence-corrected chi connectivity index (χ4v) is 4.34. The SMILES string of the molecule is Cl.O=C(O)c1cc2c(C3CCCNC3)cc(-c3c(O)cccc3OCC3CC3)nc2[nH]c1=O. The number of nitrogens with zero attached hydrogens (tertiary/aromatic N) is 1. The molecule has 0 radical (unpaired) electrons. The number of aromatic hydroxyl groups is 1. The summed E-state index contributed by atoms with van der Waals surface area (Å²) in [6.45, 7) is 2.26. The maximum Gasteiger partial charge on any atom is 0.341 e. The van der Waals surface area contributed by atoms with Crippen molar-refractivity contribution in [1.82, 2.24) is 15.3 Å². The summed E-state index contributed by atoms with van der Waals surface area (Å²) in [7, 11) is 0. The van der Waals surface area contributed by atoms with Gasteiger partial charge in [-0.2, -0.15) is 0 Å². The zero-order valence-electron chi connectivity index (χ0n) is 18.0. The summed E-state index contributed by atoms with van der Waals surface area (Å²) in [5.41, 5.74) is 1.14. The number of carboxylic acid groups (broad SMARTS) is 1. The zero-order valence-corrected chi connectivity index (χ0v) is 18.8. The normalized spacial score (nSPS) is 18.0. The number of piperidine rings is 1. The van der Waals surface area contributed by atoms with Crippen LogP contribution in [0.5, 0.6) is 11.5 Å². The number of phenolic OH excluding ortho intramolecular Hbond substituents is 1. The zero-order chi connectivity index (χ0) is 22.2. The van der Waals surface area contributed by atoms with E-state index in [1.54, 1.807) is 18.2 Å². The second-order valence-electron chi connectivity index (χ2n) is 8.62. The van der Waals surface area contributed by atoms with Gasteiger partial charge in [-0.05, 0) is 73.9 Å². The maximum absolute atomic E-state index is 12.4. The van der Waals surface area contributed by atoms with Gasteiger partial charge in [0.25, 0.3) is 5.56 Å². The lowest BCUT2D eigenvalue weighted by molar-refractivity contribution is 0.0695. The molecule has 2 aromatic heterocycles. The van der Waals surface area contributed by atoms with E-state index in [0.29, 0.717) is 40.6 Å². The topological polar surface area (TPSA) is 125 Å². The van der Waals surface area contributed by atoms with Crippen LogP contribution in [0.15, 0.2) is 35.1 Å². The van der Waals surface area contributed by atoms with Crippen molar-refractivity contribution in [2.45, 2.75) is 31.6 Å². The Kier molecular flexibility index (Phi) is 6.58. The molecule has 4 N–H and O–H groups in total. The molecule has 3 heterocycles. The third-order valence-corrected chi connectivity index (χ3v) is 6.25. The number of hydrogen-bond donors (Lipinski definition) is 4. The van der Waals surface area contributed by atoms with Gasteiger partial charge >= 0.3 is 5.97 Å². The van der Waals surface area contributed by atoms with Gasteiger partial charge in [-0.3, -0.25) is 4.79 Å². The van der Waals surface area contributed by atoms with Crippen molar-refractivity contribution in [1.29, 1.82) is 0 Å². The molecule has 1 unspecified atom stereocenters. The molecule has 1 aromatic carbocycles. The Hall–Kier alpha value is -3.10. The van der Waals surface area contributed by atoms with Gasteiger partial charge in [0.05, 0.1) is 17.9 Å². The molecular formula is C24H26ClN3O5. The van der Waals surface area contributed by atoms with Crippen molar-refractivity contribution < 1.29 is 19.7 Å². The molecule has 2 aliphatic rings. The summed E-state index contributed by atoms with van der Waals surface area (Å²) >= 11 is 0. The molecule has 1 aliphatic heterocycles. The van der Waals surface area contributed by atoms with Crippen molar-refractivity contribution in [2.75, 3.05) is 19.7 Å². The third-order valence-electron chi connectivity index (χ3n) is 6.25. The first-order valence-electron chi connectivity index (χ1n) is 11.0. The van der Waals surface area contributed by atoms with Gasteiger partial charge in [0.2, 0.25) is 0 Å². The predicted molar refractivity (Wildman–Crippen MR) is 127 cm³/mol. The van der Waals surface area contributed by atoms with E-state index in [4.69, 9.17) is 4.74 Å². The number of pyridine rings is 2. The first kappa shape index (κ1) is 23.1. The number of rotatable bonds is 6. The van der Waals surface area contributed by atoms with E-state index in [0.717, 1.165) is 44.3 Å². The number of aromatic nitrogens is 2. The minimum atomic E-state index is -1.28.